The zero-order valence-electron chi connectivity index (χ0n) is 15.0. The van der Waals surface area contributed by atoms with Gasteiger partial charge in [0.2, 0.25) is 0 Å². The van der Waals surface area contributed by atoms with E-state index in [2.05, 4.69) is 22.8 Å². The highest BCUT2D eigenvalue weighted by atomic mass is 16.5. The number of carbonyl (C=O) groups is 2. The molecule has 0 aliphatic heterocycles. The summed E-state index contributed by atoms with van der Waals surface area (Å²) >= 11 is 0. The first-order valence-corrected chi connectivity index (χ1v) is 9.32. The molecule has 2 aliphatic rings. The van der Waals surface area contributed by atoms with Crippen LogP contribution in [0.2, 0.25) is 0 Å². The van der Waals surface area contributed by atoms with Crippen molar-refractivity contribution >= 4 is 11.8 Å². The number of ether oxygens (including phenoxy) is 1. The SMILES string of the molecule is COC1(CNC(=O)C(=O)NC2CCCCCC2)Cc2ccccc2C1. The quantitative estimate of drug-likeness (QED) is 0.649. The Morgan fingerprint density at radius 1 is 1.04 bits per heavy atom. The molecule has 3 rings (SSSR count). The Balaban J connectivity index is 1.51. The highest BCUT2D eigenvalue weighted by Gasteiger charge is 2.38. The summed E-state index contributed by atoms with van der Waals surface area (Å²) in [6, 6.07) is 8.35. The predicted octanol–water partition coefficient (Wildman–Crippen LogP) is 2.13. The van der Waals surface area contributed by atoms with Gasteiger partial charge < -0.3 is 15.4 Å². The van der Waals surface area contributed by atoms with Gasteiger partial charge in [-0.05, 0) is 24.0 Å². The summed E-state index contributed by atoms with van der Waals surface area (Å²) < 4.78 is 5.73. The van der Waals surface area contributed by atoms with Gasteiger partial charge >= 0.3 is 11.8 Å². The van der Waals surface area contributed by atoms with Crippen LogP contribution in [0.3, 0.4) is 0 Å². The van der Waals surface area contributed by atoms with Crippen LogP contribution in [-0.4, -0.2) is 37.1 Å². The van der Waals surface area contributed by atoms with Gasteiger partial charge in [-0.1, -0.05) is 49.9 Å². The third-order valence-corrected chi connectivity index (χ3v) is 5.54. The van der Waals surface area contributed by atoms with E-state index in [0.717, 1.165) is 38.5 Å². The summed E-state index contributed by atoms with van der Waals surface area (Å²) in [4.78, 5) is 24.4. The Hall–Kier alpha value is -1.88. The molecule has 0 bridgehead atoms. The van der Waals surface area contributed by atoms with Crippen molar-refractivity contribution in [3.63, 3.8) is 0 Å². The molecule has 0 spiro atoms. The van der Waals surface area contributed by atoms with Crippen molar-refractivity contribution in [1.29, 1.82) is 0 Å². The van der Waals surface area contributed by atoms with Crippen molar-refractivity contribution in [2.45, 2.75) is 63.0 Å². The van der Waals surface area contributed by atoms with Crippen molar-refractivity contribution in [2.24, 2.45) is 0 Å². The number of amides is 2. The van der Waals surface area contributed by atoms with Crippen molar-refractivity contribution in [3.8, 4) is 0 Å². The molecule has 2 N–H and O–H groups in total. The van der Waals surface area contributed by atoms with Crippen molar-refractivity contribution in [3.05, 3.63) is 35.4 Å². The highest BCUT2D eigenvalue weighted by molar-refractivity contribution is 6.35. The number of hydrogen-bond acceptors (Lipinski definition) is 3. The first-order valence-electron chi connectivity index (χ1n) is 9.32. The van der Waals surface area contributed by atoms with E-state index in [0.29, 0.717) is 6.54 Å². The zero-order valence-corrected chi connectivity index (χ0v) is 15.0. The van der Waals surface area contributed by atoms with Crippen LogP contribution in [-0.2, 0) is 27.2 Å². The molecule has 25 heavy (non-hydrogen) atoms. The van der Waals surface area contributed by atoms with Gasteiger partial charge in [0.15, 0.2) is 0 Å². The van der Waals surface area contributed by atoms with E-state index in [-0.39, 0.29) is 6.04 Å². The van der Waals surface area contributed by atoms with Gasteiger partial charge in [-0.2, -0.15) is 0 Å². The Morgan fingerprint density at radius 2 is 1.64 bits per heavy atom. The molecule has 1 aromatic carbocycles. The number of methoxy groups -OCH3 is 1. The van der Waals surface area contributed by atoms with Crippen LogP contribution in [0.4, 0.5) is 0 Å². The van der Waals surface area contributed by atoms with E-state index in [1.165, 1.54) is 24.0 Å². The second-order valence-corrected chi connectivity index (χ2v) is 7.35. The first-order chi connectivity index (χ1) is 12.1. The molecule has 0 aromatic heterocycles. The van der Waals surface area contributed by atoms with Gasteiger partial charge in [0.1, 0.15) is 0 Å². The second kappa shape index (κ2) is 8.00. The van der Waals surface area contributed by atoms with Gasteiger partial charge in [0.25, 0.3) is 0 Å². The lowest BCUT2D eigenvalue weighted by molar-refractivity contribution is -0.140. The molecule has 1 aromatic rings. The number of hydrogen-bond donors (Lipinski definition) is 2. The molecule has 0 atom stereocenters. The Kier molecular flexibility index (Phi) is 5.74. The second-order valence-electron chi connectivity index (χ2n) is 7.35. The average molecular weight is 344 g/mol. The van der Waals surface area contributed by atoms with Crippen LogP contribution < -0.4 is 10.6 Å². The monoisotopic (exact) mass is 344 g/mol. The highest BCUT2D eigenvalue weighted by Crippen LogP contribution is 2.32. The maximum absolute atomic E-state index is 12.2. The van der Waals surface area contributed by atoms with Crippen LogP contribution in [0.15, 0.2) is 24.3 Å². The smallest absolute Gasteiger partial charge is 0.309 e. The standard InChI is InChI=1S/C20H28N2O3/c1-25-20(12-15-8-6-7-9-16(15)13-20)14-21-18(23)19(24)22-17-10-4-2-3-5-11-17/h6-9,17H,2-5,10-14H2,1H3,(H,21,23)(H,22,24). The molecule has 0 heterocycles. The Morgan fingerprint density at radius 3 is 2.20 bits per heavy atom. The van der Waals surface area contributed by atoms with Crippen molar-refractivity contribution in [1.82, 2.24) is 10.6 Å². The largest absolute Gasteiger partial charge is 0.376 e. The van der Waals surface area contributed by atoms with E-state index in [1.807, 2.05) is 12.1 Å². The summed E-state index contributed by atoms with van der Waals surface area (Å²) in [6.45, 7) is 0.342. The molecule has 1 saturated carbocycles. The minimum absolute atomic E-state index is 0.132. The van der Waals surface area contributed by atoms with Gasteiger partial charge in [-0.25, -0.2) is 0 Å². The molecule has 136 valence electrons. The van der Waals surface area contributed by atoms with E-state index in [9.17, 15) is 9.59 Å². The molecular weight excluding hydrogens is 316 g/mol. The first kappa shape index (κ1) is 17.9. The van der Waals surface area contributed by atoms with E-state index < -0.39 is 17.4 Å². The van der Waals surface area contributed by atoms with E-state index in [1.54, 1.807) is 7.11 Å². The minimum Gasteiger partial charge on any atom is -0.376 e. The minimum atomic E-state index is -0.559. The number of fused-ring (bicyclic) bond motifs is 1. The fraction of sp³-hybridized carbons (Fsp3) is 0.600. The maximum atomic E-state index is 12.2. The summed E-state index contributed by atoms with van der Waals surface area (Å²) in [7, 11) is 1.67. The van der Waals surface area contributed by atoms with Crippen LogP contribution in [0.25, 0.3) is 0 Å². The van der Waals surface area contributed by atoms with E-state index >= 15 is 0 Å². The Labute approximate surface area is 149 Å². The molecule has 0 radical (unpaired) electrons. The van der Waals surface area contributed by atoms with Crippen LogP contribution in [0.5, 0.6) is 0 Å². The fourth-order valence-electron chi connectivity index (χ4n) is 4.00. The topological polar surface area (TPSA) is 67.4 Å². The molecule has 5 nitrogen and oxygen atoms in total. The number of nitrogens with one attached hydrogen (secondary N) is 2. The summed E-state index contributed by atoms with van der Waals surface area (Å²) in [6.07, 6.45) is 8.13. The fourth-order valence-corrected chi connectivity index (χ4v) is 4.00. The molecule has 2 aliphatic carbocycles. The van der Waals surface area contributed by atoms with Crippen LogP contribution in [0.1, 0.15) is 49.7 Å². The predicted molar refractivity (Wildman–Crippen MR) is 96.2 cm³/mol. The van der Waals surface area contributed by atoms with Crippen molar-refractivity contribution in [2.75, 3.05) is 13.7 Å². The molecule has 0 unspecified atom stereocenters. The van der Waals surface area contributed by atoms with Crippen molar-refractivity contribution < 1.29 is 14.3 Å². The summed E-state index contributed by atoms with van der Waals surface area (Å²) in [5, 5.41) is 5.67. The normalized spacial score (nSPS) is 19.7. The zero-order chi connectivity index (χ0) is 17.7. The molecule has 5 heteroatoms. The van der Waals surface area contributed by atoms with Gasteiger partial charge in [-0.15, -0.1) is 0 Å². The third kappa shape index (κ3) is 4.40. The molecule has 0 saturated heterocycles. The van der Waals surface area contributed by atoms with Gasteiger partial charge in [0.05, 0.1) is 5.60 Å². The third-order valence-electron chi connectivity index (χ3n) is 5.54. The van der Waals surface area contributed by atoms with Gasteiger partial charge in [-0.3, -0.25) is 9.59 Å². The van der Waals surface area contributed by atoms with E-state index in [4.69, 9.17) is 4.74 Å². The summed E-state index contributed by atoms with van der Waals surface area (Å²) in [5.41, 5.74) is 2.05. The number of carbonyl (C=O) groups excluding carboxylic acids is 2. The average Bonchev–Trinajstić information content (AvgIpc) is 2.81. The number of rotatable bonds is 4. The molecule has 2 amide bonds. The van der Waals surface area contributed by atoms with Gasteiger partial charge in [0, 0.05) is 32.5 Å². The van der Waals surface area contributed by atoms with Crippen LogP contribution in [0, 0.1) is 0 Å². The maximum Gasteiger partial charge on any atom is 0.309 e. The lowest BCUT2D eigenvalue weighted by Gasteiger charge is -2.27. The Bertz CT molecular complexity index is 596. The van der Waals surface area contributed by atoms with Crippen LogP contribution >= 0.6 is 0 Å². The summed E-state index contributed by atoms with van der Waals surface area (Å²) in [5.74, 6) is -1.08. The molecule has 1 fully saturated rings. The molecular formula is C20H28N2O3. The number of benzene rings is 1. The lowest BCUT2D eigenvalue weighted by Crippen LogP contribution is -2.50. The lowest BCUT2D eigenvalue weighted by atomic mass is 10.00.